The van der Waals surface area contributed by atoms with Crippen molar-refractivity contribution in [1.82, 2.24) is 2.05 Å². The molecule has 108 valence electrons. The summed E-state index contributed by atoms with van der Waals surface area (Å²) < 4.78 is 29.0. The van der Waals surface area contributed by atoms with Crippen molar-refractivity contribution in [2.75, 3.05) is 0 Å². The first-order chi connectivity index (χ1) is 8.84. The molecule has 0 N–H and O–H groups in total. The molecule has 0 unspecified atom stereocenters. The van der Waals surface area contributed by atoms with Gasteiger partial charge in [0.1, 0.15) is 0 Å². The Morgan fingerprint density at radius 3 is 1.84 bits per heavy atom. The average Bonchev–Trinajstić information content (AvgIpc) is 2.41. The SMILES string of the molecule is C[CH2][Sn]([CH2]C)([CH2]C)[N](Cl)S(=O)(=O)c1ccc(Cl)cc1. The molecule has 1 aromatic rings. The minimum absolute atomic E-state index is 0.211. The fourth-order valence-corrected chi connectivity index (χ4v) is 20.3. The molecule has 0 atom stereocenters. The van der Waals surface area contributed by atoms with Crippen molar-refractivity contribution in [3.63, 3.8) is 0 Å². The van der Waals surface area contributed by atoms with Crippen molar-refractivity contribution >= 4 is 52.1 Å². The minimum atomic E-state index is -3.62. The molecule has 19 heavy (non-hydrogen) atoms. The molecule has 0 saturated heterocycles. The number of nitrogens with zero attached hydrogens (tertiary/aromatic N) is 1. The van der Waals surface area contributed by atoms with Gasteiger partial charge in [0, 0.05) is 0 Å². The normalized spacial score (nSPS) is 12.9. The number of sulfonamides is 1. The monoisotopic (exact) mass is 431 g/mol. The Labute approximate surface area is 130 Å². The van der Waals surface area contributed by atoms with Gasteiger partial charge in [0.25, 0.3) is 0 Å². The summed E-state index contributed by atoms with van der Waals surface area (Å²) in [6.07, 6.45) is 0. The van der Waals surface area contributed by atoms with Gasteiger partial charge in [0.2, 0.25) is 0 Å². The second kappa shape index (κ2) is 6.98. The molecular formula is C12H19Cl2NO2SSn. The Hall–Kier alpha value is 0.509. The van der Waals surface area contributed by atoms with Crippen LogP contribution in [0.5, 0.6) is 0 Å². The third-order valence-corrected chi connectivity index (χ3v) is 26.2. The van der Waals surface area contributed by atoms with Crippen LogP contribution in [-0.2, 0) is 10.0 Å². The Morgan fingerprint density at radius 2 is 1.47 bits per heavy atom. The molecule has 1 rings (SSSR count). The van der Waals surface area contributed by atoms with Gasteiger partial charge in [-0.1, -0.05) is 0 Å². The standard InChI is InChI=1S/C6H4Cl2NO2S.3C2H5.Sn/c7-5-1-3-6(4-2-5)12(10,11)9-8;3*1-2;/h1-4H;3*1H2,2H3;/q-1;;;;+1. The summed E-state index contributed by atoms with van der Waals surface area (Å²) in [7, 11) is -3.62. The van der Waals surface area contributed by atoms with Gasteiger partial charge in [0.05, 0.1) is 0 Å². The Kier molecular flexibility index (Phi) is 6.45. The molecule has 0 saturated carbocycles. The first kappa shape index (κ1) is 17.6. The molecule has 0 aliphatic rings. The van der Waals surface area contributed by atoms with Crippen LogP contribution in [0.2, 0.25) is 18.3 Å². The van der Waals surface area contributed by atoms with Crippen molar-refractivity contribution in [2.45, 2.75) is 39.0 Å². The molecule has 0 fully saturated rings. The number of rotatable bonds is 6. The second-order valence-electron chi connectivity index (χ2n) is 4.46. The van der Waals surface area contributed by atoms with Crippen LogP contribution >= 0.6 is 23.4 Å². The Balaban J connectivity index is 3.22. The average molecular weight is 431 g/mol. The van der Waals surface area contributed by atoms with Crippen LogP contribution in [0, 0.1) is 0 Å². The summed E-state index contributed by atoms with van der Waals surface area (Å²) in [6.45, 7) is 6.11. The third kappa shape index (κ3) is 3.59. The molecule has 7 heteroatoms. The molecule has 0 bridgehead atoms. The van der Waals surface area contributed by atoms with Crippen LogP contribution in [0.25, 0.3) is 0 Å². The van der Waals surface area contributed by atoms with Crippen LogP contribution < -0.4 is 0 Å². The first-order valence-electron chi connectivity index (χ1n) is 6.30. The van der Waals surface area contributed by atoms with Crippen molar-refractivity contribution in [1.29, 1.82) is 0 Å². The van der Waals surface area contributed by atoms with E-state index < -0.39 is 28.7 Å². The van der Waals surface area contributed by atoms with Gasteiger partial charge in [-0.15, -0.1) is 0 Å². The van der Waals surface area contributed by atoms with E-state index in [9.17, 15) is 8.42 Å². The van der Waals surface area contributed by atoms with E-state index in [-0.39, 0.29) is 4.90 Å². The van der Waals surface area contributed by atoms with E-state index in [4.69, 9.17) is 23.4 Å². The van der Waals surface area contributed by atoms with Gasteiger partial charge in [-0.3, -0.25) is 0 Å². The summed E-state index contributed by atoms with van der Waals surface area (Å²) in [4.78, 5) is 0.211. The van der Waals surface area contributed by atoms with Gasteiger partial charge in [-0.05, 0) is 0 Å². The molecule has 0 radical (unpaired) electrons. The molecule has 0 heterocycles. The summed E-state index contributed by atoms with van der Waals surface area (Å²) in [5, 5.41) is 0.510. The van der Waals surface area contributed by atoms with E-state index in [1.165, 1.54) is 14.2 Å². The Morgan fingerprint density at radius 1 is 1.05 bits per heavy atom. The fourth-order valence-electron chi connectivity index (χ4n) is 2.08. The van der Waals surface area contributed by atoms with E-state index in [1.54, 1.807) is 12.1 Å². The third-order valence-electron chi connectivity index (χ3n) is 3.67. The molecule has 1 aromatic carbocycles. The maximum atomic E-state index is 12.6. The Bertz CT molecular complexity index is 507. The zero-order chi connectivity index (χ0) is 14.7. The molecule has 3 nitrogen and oxygen atoms in total. The van der Waals surface area contributed by atoms with Crippen LogP contribution in [0.4, 0.5) is 0 Å². The van der Waals surface area contributed by atoms with E-state index >= 15 is 0 Å². The molecule has 0 amide bonds. The van der Waals surface area contributed by atoms with Crippen molar-refractivity contribution in [2.24, 2.45) is 0 Å². The van der Waals surface area contributed by atoms with Gasteiger partial charge >= 0.3 is 131 Å². The van der Waals surface area contributed by atoms with Crippen LogP contribution in [0.3, 0.4) is 0 Å². The topological polar surface area (TPSA) is 37.4 Å². The predicted octanol–water partition coefficient (Wildman–Crippen LogP) is 4.49. The summed E-state index contributed by atoms with van der Waals surface area (Å²) in [6, 6.07) is 6.15. The predicted molar refractivity (Wildman–Crippen MR) is 83.5 cm³/mol. The van der Waals surface area contributed by atoms with Gasteiger partial charge in [0.15, 0.2) is 0 Å². The van der Waals surface area contributed by atoms with Crippen LogP contribution in [-0.4, -0.2) is 29.1 Å². The molecule has 0 spiro atoms. The molecule has 0 aliphatic carbocycles. The molecule has 0 aromatic heterocycles. The summed E-state index contributed by atoms with van der Waals surface area (Å²) in [5.41, 5.74) is 0. The van der Waals surface area contributed by atoms with Crippen molar-refractivity contribution in [3.05, 3.63) is 29.3 Å². The van der Waals surface area contributed by atoms with Crippen LogP contribution in [0.1, 0.15) is 20.8 Å². The van der Waals surface area contributed by atoms with E-state index in [0.29, 0.717) is 5.02 Å². The number of benzene rings is 1. The molecular weight excluding hydrogens is 412 g/mol. The van der Waals surface area contributed by atoms with E-state index in [0.717, 1.165) is 13.3 Å². The van der Waals surface area contributed by atoms with Crippen molar-refractivity contribution in [3.8, 4) is 0 Å². The number of halogens is 2. The number of hydrogen-bond acceptors (Lipinski definition) is 2. The molecule has 0 aliphatic heterocycles. The van der Waals surface area contributed by atoms with Gasteiger partial charge in [-0.2, -0.15) is 0 Å². The number of hydrogen-bond donors (Lipinski definition) is 0. The van der Waals surface area contributed by atoms with Crippen molar-refractivity contribution < 1.29 is 8.42 Å². The van der Waals surface area contributed by atoms with Crippen LogP contribution in [0.15, 0.2) is 29.2 Å². The summed E-state index contributed by atoms with van der Waals surface area (Å²) in [5.74, 6) is 0. The fraction of sp³-hybridized carbons (Fsp3) is 0.500. The second-order valence-corrected chi connectivity index (χ2v) is 23.3. The van der Waals surface area contributed by atoms with Gasteiger partial charge < -0.3 is 0 Å². The zero-order valence-corrected chi connectivity index (χ0v) is 16.5. The maximum absolute atomic E-state index is 12.6. The quantitative estimate of drug-likeness (QED) is 0.492. The zero-order valence-electron chi connectivity index (χ0n) is 11.4. The van der Waals surface area contributed by atoms with E-state index in [2.05, 4.69) is 0 Å². The van der Waals surface area contributed by atoms with E-state index in [1.807, 2.05) is 20.8 Å². The first-order valence-corrected chi connectivity index (χ1v) is 15.8. The summed E-state index contributed by atoms with van der Waals surface area (Å²) >= 11 is 9.06. The van der Waals surface area contributed by atoms with Gasteiger partial charge in [-0.25, -0.2) is 0 Å².